The fourth-order valence-electron chi connectivity index (χ4n) is 2.07. The van der Waals surface area contributed by atoms with Crippen molar-refractivity contribution in [1.29, 1.82) is 0 Å². The van der Waals surface area contributed by atoms with Crippen molar-refractivity contribution >= 4 is 11.0 Å². The van der Waals surface area contributed by atoms with E-state index >= 15 is 0 Å². The largest absolute Gasteiger partial charge is 0.504 e. The van der Waals surface area contributed by atoms with Gasteiger partial charge in [0.2, 0.25) is 5.75 Å². The van der Waals surface area contributed by atoms with Crippen LogP contribution in [0, 0.1) is 5.82 Å². The van der Waals surface area contributed by atoms with E-state index in [-0.39, 0.29) is 33.7 Å². The van der Waals surface area contributed by atoms with Crippen LogP contribution in [-0.4, -0.2) is 17.2 Å². The summed E-state index contributed by atoms with van der Waals surface area (Å²) in [6, 6.07) is 5.23. The number of ether oxygens (including phenoxy) is 1. The number of fused-ring (bicyclic) bond motifs is 1. The van der Waals surface area contributed by atoms with E-state index < -0.39 is 5.82 Å². The third-order valence-corrected chi connectivity index (χ3v) is 3.02. The van der Waals surface area contributed by atoms with Crippen molar-refractivity contribution in [2.75, 3.05) is 7.11 Å². The van der Waals surface area contributed by atoms with E-state index in [1.165, 1.54) is 37.6 Å². The Morgan fingerprint density at radius 1 is 1.29 bits per heavy atom. The maximum atomic E-state index is 13.2. The fourth-order valence-corrected chi connectivity index (χ4v) is 2.07. The highest BCUT2D eigenvalue weighted by Gasteiger charge is 2.14. The summed E-state index contributed by atoms with van der Waals surface area (Å²) in [7, 11) is 1.35. The minimum Gasteiger partial charge on any atom is -0.504 e. The zero-order chi connectivity index (χ0) is 15.0. The lowest BCUT2D eigenvalue weighted by molar-refractivity contribution is 0.371. The van der Waals surface area contributed by atoms with Crippen molar-refractivity contribution in [3.63, 3.8) is 0 Å². The van der Waals surface area contributed by atoms with Crippen LogP contribution in [0.3, 0.4) is 0 Å². The van der Waals surface area contributed by atoms with E-state index in [1.807, 2.05) is 0 Å². The highest BCUT2D eigenvalue weighted by Crippen LogP contribution is 2.35. The van der Waals surface area contributed by atoms with Crippen LogP contribution in [-0.2, 0) is 0 Å². The first-order valence-corrected chi connectivity index (χ1v) is 6.05. The molecule has 6 heteroatoms. The van der Waals surface area contributed by atoms with E-state index in [9.17, 15) is 14.3 Å². The van der Waals surface area contributed by atoms with Gasteiger partial charge in [0.05, 0.1) is 18.7 Å². The van der Waals surface area contributed by atoms with Crippen LogP contribution in [0.5, 0.6) is 11.5 Å². The van der Waals surface area contributed by atoms with Gasteiger partial charge < -0.3 is 14.3 Å². The van der Waals surface area contributed by atoms with Crippen LogP contribution < -0.4 is 10.2 Å². The molecule has 0 unspecified atom stereocenters. The topological polar surface area (TPSA) is 72.6 Å². The van der Waals surface area contributed by atoms with E-state index in [4.69, 9.17) is 9.15 Å². The predicted molar refractivity (Wildman–Crippen MR) is 73.9 cm³/mol. The lowest BCUT2D eigenvalue weighted by Gasteiger charge is -2.08. The van der Waals surface area contributed by atoms with Crippen molar-refractivity contribution in [3.05, 3.63) is 52.7 Å². The number of nitrogens with zero attached hydrogens (tertiary/aromatic N) is 1. The first-order valence-electron chi connectivity index (χ1n) is 6.05. The van der Waals surface area contributed by atoms with Crippen LogP contribution in [0.15, 0.2) is 45.9 Å². The van der Waals surface area contributed by atoms with Crippen molar-refractivity contribution in [2.45, 2.75) is 0 Å². The van der Waals surface area contributed by atoms with Gasteiger partial charge in [0, 0.05) is 17.8 Å². The number of phenolic OH excluding ortho intramolecular Hbond substituents is 1. The molecule has 0 bridgehead atoms. The third-order valence-electron chi connectivity index (χ3n) is 3.02. The number of hydrogen-bond donors (Lipinski definition) is 1. The molecule has 0 aliphatic rings. The minimum absolute atomic E-state index is 0.0517. The van der Waals surface area contributed by atoms with Gasteiger partial charge in [-0.1, -0.05) is 0 Å². The molecule has 106 valence electrons. The molecular formula is C15H10FNO4. The lowest BCUT2D eigenvalue weighted by atomic mass is 10.1. The molecule has 0 atom stereocenters. The smallest absolute Gasteiger partial charge is 0.204 e. The van der Waals surface area contributed by atoms with Gasteiger partial charge in [-0.3, -0.25) is 9.78 Å². The number of hydrogen-bond acceptors (Lipinski definition) is 5. The Morgan fingerprint density at radius 2 is 2.10 bits per heavy atom. The van der Waals surface area contributed by atoms with Crippen molar-refractivity contribution < 1.29 is 18.7 Å². The molecule has 1 N–H and O–H groups in total. The van der Waals surface area contributed by atoms with Crippen molar-refractivity contribution in [2.24, 2.45) is 0 Å². The van der Waals surface area contributed by atoms with E-state index in [0.29, 0.717) is 5.56 Å². The normalized spacial score (nSPS) is 10.8. The summed E-state index contributed by atoms with van der Waals surface area (Å²) in [6.45, 7) is 0. The molecule has 3 aromatic rings. The first-order chi connectivity index (χ1) is 10.1. The summed E-state index contributed by atoms with van der Waals surface area (Å²) in [4.78, 5) is 15.8. The third kappa shape index (κ3) is 2.20. The van der Waals surface area contributed by atoms with E-state index in [1.54, 1.807) is 0 Å². The maximum Gasteiger partial charge on any atom is 0.204 e. The fraction of sp³-hybridized carbons (Fsp3) is 0.0667. The molecule has 2 heterocycles. The molecular weight excluding hydrogens is 277 g/mol. The number of rotatable bonds is 2. The Labute approximate surface area is 118 Å². The Balaban J connectivity index is 2.34. The second kappa shape index (κ2) is 4.90. The SMILES string of the molecule is COc1c(O)ccc2c(=O)cc(-c3cncc(F)c3)oc12. The number of aromatic hydroxyl groups is 1. The zero-order valence-corrected chi connectivity index (χ0v) is 11.0. The Hall–Kier alpha value is -2.89. The number of pyridine rings is 1. The molecule has 0 spiro atoms. The molecule has 0 saturated heterocycles. The van der Waals surface area contributed by atoms with Gasteiger partial charge in [0.1, 0.15) is 11.6 Å². The summed E-state index contributed by atoms with van der Waals surface area (Å²) in [5.41, 5.74) is 0.0949. The van der Waals surface area contributed by atoms with Gasteiger partial charge in [-0.25, -0.2) is 4.39 Å². The van der Waals surface area contributed by atoms with Crippen LogP contribution in [0.1, 0.15) is 0 Å². The lowest BCUT2D eigenvalue weighted by Crippen LogP contribution is -2.01. The van der Waals surface area contributed by atoms with Gasteiger partial charge >= 0.3 is 0 Å². The van der Waals surface area contributed by atoms with Crippen molar-refractivity contribution in [1.82, 2.24) is 4.98 Å². The standard InChI is InChI=1S/C15H10FNO4/c1-20-15-11(18)3-2-10-12(19)5-13(21-14(10)15)8-4-9(16)7-17-6-8/h2-7,18H,1H3. The summed E-state index contributed by atoms with van der Waals surface area (Å²) < 4.78 is 23.9. The second-order valence-corrected chi connectivity index (χ2v) is 4.36. The molecule has 0 saturated carbocycles. The number of methoxy groups -OCH3 is 1. The van der Waals surface area contributed by atoms with Crippen molar-refractivity contribution in [3.8, 4) is 22.8 Å². The Morgan fingerprint density at radius 3 is 2.81 bits per heavy atom. The molecule has 21 heavy (non-hydrogen) atoms. The van der Waals surface area contributed by atoms with Gasteiger partial charge in [0.25, 0.3) is 0 Å². The molecule has 2 aromatic heterocycles. The van der Waals surface area contributed by atoms with Gasteiger partial charge in [-0.15, -0.1) is 0 Å². The molecule has 1 aromatic carbocycles. The number of benzene rings is 1. The van der Waals surface area contributed by atoms with E-state index in [0.717, 1.165) is 6.20 Å². The van der Waals surface area contributed by atoms with Gasteiger partial charge in [-0.2, -0.15) is 0 Å². The zero-order valence-electron chi connectivity index (χ0n) is 11.0. The molecule has 0 amide bonds. The van der Waals surface area contributed by atoms with Crippen LogP contribution in [0.2, 0.25) is 0 Å². The average Bonchev–Trinajstić information content (AvgIpc) is 2.47. The Kier molecular flexibility index (Phi) is 3.06. The van der Waals surface area contributed by atoms with Gasteiger partial charge in [0.15, 0.2) is 16.8 Å². The number of aromatic nitrogens is 1. The van der Waals surface area contributed by atoms with E-state index in [2.05, 4.69) is 4.98 Å². The predicted octanol–water partition coefficient (Wildman–Crippen LogP) is 2.71. The van der Waals surface area contributed by atoms with Crippen LogP contribution in [0.25, 0.3) is 22.3 Å². The molecule has 5 nitrogen and oxygen atoms in total. The molecule has 0 fully saturated rings. The monoisotopic (exact) mass is 287 g/mol. The summed E-state index contributed by atoms with van der Waals surface area (Å²) in [6.07, 6.45) is 2.43. The highest BCUT2D eigenvalue weighted by atomic mass is 19.1. The first kappa shape index (κ1) is 13.1. The number of halogens is 1. The summed E-state index contributed by atoms with van der Waals surface area (Å²) in [5, 5.41) is 10.0. The maximum absolute atomic E-state index is 13.2. The summed E-state index contributed by atoms with van der Waals surface area (Å²) >= 11 is 0. The molecule has 3 rings (SSSR count). The highest BCUT2D eigenvalue weighted by molar-refractivity contribution is 5.86. The summed E-state index contributed by atoms with van der Waals surface area (Å²) in [5.74, 6) is -0.500. The Bertz CT molecular complexity index is 888. The van der Waals surface area contributed by atoms with Crippen LogP contribution >= 0.6 is 0 Å². The molecule has 0 aliphatic heterocycles. The average molecular weight is 287 g/mol. The van der Waals surface area contributed by atoms with Gasteiger partial charge in [-0.05, 0) is 18.2 Å². The quantitative estimate of drug-likeness (QED) is 0.784. The molecule has 0 radical (unpaired) electrons. The second-order valence-electron chi connectivity index (χ2n) is 4.36. The molecule has 0 aliphatic carbocycles. The van der Waals surface area contributed by atoms with Crippen LogP contribution in [0.4, 0.5) is 4.39 Å². The minimum atomic E-state index is -0.543. The number of phenols is 1.